The molecule has 2 nitrogen and oxygen atoms in total. The van der Waals surface area contributed by atoms with E-state index < -0.39 is 0 Å². The molecule has 1 saturated carbocycles. The van der Waals surface area contributed by atoms with Gasteiger partial charge in [0, 0.05) is 18.1 Å². The average molecular weight is 266 g/mol. The van der Waals surface area contributed by atoms with E-state index in [2.05, 4.69) is 37.9 Å². The Morgan fingerprint density at radius 1 is 1.11 bits per heavy atom. The molecule has 5 unspecified atom stereocenters. The Morgan fingerprint density at radius 2 is 1.89 bits per heavy atom. The van der Waals surface area contributed by atoms with Gasteiger partial charge in [-0.05, 0) is 64.0 Å². The van der Waals surface area contributed by atoms with E-state index >= 15 is 0 Å². The standard InChI is InChI=1S/C17H34N2/c1-5-18-15(4)17-8-6-7-11-19(17)16-10-9-13(2)14(3)12-16/h13-18H,5-12H2,1-4H3. The highest BCUT2D eigenvalue weighted by Gasteiger charge is 2.35. The van der Waals surface area contributed by atoms with Crippen LogP contribution in [0.1, 0.15) is 66.2 Å². The zero-order valence-corrected chi connectivity index (χ0v) is 13.5. The molecule has 5 atom stereocenters. The molecule has 2 fully saturated rings. The van der Waals surface area contributed by atoms with Crippen LogP contribution in [0.25, 0.3) is 0 Å². The first-order valence-electron chi connectivity index (χ1n) is 8.62. The third-order valence-electron chi connectivity index (χ3n) is 5.73. The van der Waals surface area contributed by atoms with Gasteiger partial charge >= 0.3 is 0 Å². The van der Waals surface area contributed by atoms with E-state index in [9.17, 15) is 0 Å². The van der Waals surface area contributed by atoms with Crippen molar-refractivity contribution in [2.45, 2.75) is 84.3 Å². The van der Waals surface area contributed by atoms with Crippen molar-refractivity contribution in [1.82, 2.24) is 10.2 Å². The minimum absolute atomic E-state index is 0.653. The first-order valence-corrected chi connectivity index (χ1v) is 8.62. The van der Waals surface area contributed by atoms with Gasteiger partial charge in [0.25, 0.3) is 0 Å². The maximum absolute atomic E-state index is 3.66. The Labute approximate surface area is 120 Å². The third kappa shape index (κ3) is 3.72. The Hall–Kier alpha value is -0.0800. The molecule has 0 aromatic carbocycles. The molecule has 112 valence electrons. The van der Waals surface area contributed by atoms with Gasteiger partial charge in [0.05, 0.1) is 0 Å². The van der Waals surface area contributed by atoms with E-state index in [-0.39, 0.29) is 0 Å². The summed E-state index contributed by atoms with van der Waals surface area (Å²) in [5, 5.41) is 3.66. The number of hydrogen-bond donors (Lipinski definition) is 1. The second kappa shape index (κ2) is 7.08. The highest BCUT2D eigenvalue weighted by atomic mass is 15.2. The fourth-order valence-electron chi connectivity index (χ4n) is 4.25. The van der Waals surface area contributed by atoms with Gasteiger partial charge < -0.3 is 5.32 Å². The Morgan fingerprint density at radius 3 is 2.58 bits per heavy atom. The molecule has 1 N–H and O–H groups in total. The highest BCUT2D eigenvalue weighted by molar-refractivity contribution is 4.91. The van der Waals surface area contributed by atoms with Crippen LogP contribution < -0.4 is 5.32 Å². The van der Waals surface area contributed by atoms with Gasteiger partial charge in [0.2, 0.25) is 0 Å². The van der Waals surface area contributed by atoms with Crippen molar-refractivity contribution in [3.8, 4) is 0 Å². The van der Waals surface area contributed by atoms with Crippen LogP contribution in [0.4, 0.5) is 0 Å². The molecule has 0 aromatic heterocycles. The summed E-state index contributed by atoms with van der Waals surface area (Å²) in [6.07, 6.45) is 8.53. The van der Waals surface area contributed by atoms with Crippen molar-refractivity contribution in [2.75, 3.05) is 13.1 Å². The summed E-state index contributed by atoms with van der Waals surface area (Å²) in [6, 6.07) is 2.29. The van der Waals surface area contributed by atoms with Gasteiger partial charge in [0.15, 0.2) is 0 Å². The van der Waals surface area contributed by atoms with Gasteiger partial charge in [-0.25, -0.2) is 0 Å². The molecular weight excluding hydrogens is 232 g/mol. The maximum Gasteiger partial charge on any atom is 0.0249 e. The van der Waals surface area contributed by atoms with Crippen molar-refractivity contribution >= 4 is 0 Å². The first-order chi connectivity index (χ1) is 9.13. The number of likely N-dealkylation sites (tertiary alicyclic amines) is 1. The lowest BCUT2D eigenvalue weighted by Crippen LogP contribution is -2.55. The average Bonchev–Trinajstić information content (AvgIpc) is 2.42. The molecule has 0 radical (unpaired) electrons. The summed E-state index contributed by atoms with van der Waals surface area (Å²) in [5.74, 6) is 1.85. The zero-order chi connectivity index (χ0) is 13.8. The monoisotopic (exact) mass is 266 g/mol. The molecule has 0 aromatic rings. The van der Waals surface area contributed by atoms with Crippen molar-refractivity contribution in [2.24, 2.45) is 11.8 Å². The molecule has 2 aliphatic rings. The molecule has 2 rings (SSSR count). The van der Waals surface area contributed by atoms with Crippen LogP contribution in [0.3, 0.4) is 0 Å². The molecule has 0 amide bonds. The second-order valence-corrected chi connectivity index (χ2v) is 7.07. The van der Waals surface area contributed by atoms with Crippen molar-refractivity contribution < 1.29 is 0 Å². The van der Waals surface area contributed by atoms with Gasteiger partial charge in [-0.3, -0.25) is 4.90 Å². The number of piperidine rings is 1. The van der Waals surface area contributed by atoms with Crippen molar-refractivity contribution in [3.63, 3.8) is 0 Å². The van der Waals surface area contributed by atoms with E-state index in [0.29, 0.717) is 6.04 Å². The predicted octanol–water partition coefficient (Wildman–Crippen LogP) is 3.66. The van der Waals surface area contributed by atoms with E-state index in [0.717, 1.165) is 30.5 Å². The molecule has 1 saturated heterocycles. The van der Waals surface area contributed by atoms with Gasteiger partial charge in [-0.15, -0.1) is 0 Å². The minimum atomic E-state index is 0.653. The summed E-state index contributed by atoms with van der Waals surface area (Å²) in [4.78, 5) is 2.87. The topological polar surface area (TPSA) is 15.3 Å². The lowest BCUT2D eigenvalue weighted by atomic mass is 9.77. The van der Waals surface area contributed by atoms with Crippen LogP contribution in [-0.2, 0) is 0 Å². The normalized spacial score (nSPS) is 39.2. The Balaban J connectivity index is 1.98. The largest absolute Gasteiger partial charge is 0.313 e. The molecule has 1 heterocycles. The Kier molecular flexibility index (Phi) is 5.70. The van der Waals surface area contributed by atoms with Gasteiger partial charge in [-0.1, -0.05) is 27.2 Å². The summed E-state index contributed by atoms with van der Waals surface area (Å²) in [7, 11) is 0. The number of nitrogens with one attached hydrogen (secondary N) is 1. The van der Waals surface area contributed by atoms with Crippen LogP contribution in [-0.4, -0.2) is 36.1 Å². The Bertz CT molecular complexity index is 266. The van der Waals surface area contributed by atoms with Crippen LogP contribution in [0, 0.1) is 11.8 Å². The summed E-state index contributed by atoms with van der Waals surface area (Å²) < 4.78 is 0. The summed E-state index contributed by atoms with van der Waals surface area (Å²) >= 11 is 0. The molecular formula is C17H34N2. The van der Waals surface area contributed by atoms with E-state index in [4.69, 9.17) is 0 Å². The highest BCUT2D eigenvalue weighted by Crippen LogP contribution is 2.35. The van der Waals surface area contributed by atoms with E-state index in [1.54, 1.807) is 0 Å². The van der Waals surface area contributed by atoms with E-state index in [1.807, 2.05) is 0 Å². The van der Waals surface area contributed by atoms with Crippen LogP contribution >= 0.6 is 0 Å². The first kappa shape index (κ1) is 15.3. The van der Waals surface area contributed by atoms with Gasteiger partial charge in [-0.2, -0.15) is 0 Å². The zero-order valence-electron chi connectivity index (χ0n) is 13.5. The van der Waals surface area contributed by atoms with Crippen LogP contribution in [0.5, 0.6) is 0 Å². The smallest absolute Gasteiger partial charge is 0.0249 e. The van der Waals surface area contributed by atoms with Crippen LogP contribution in [0.2, 0.25) is 0 Å². The molecule has 0 spiro atoms. The van der Waals surface area contributed by atoms with E-state index in [1.165, 1.54) is 45.1 Å². The number of likely N-dealkylation sites (N-methyl/N-ethyl adjacent to an activating group) is 1. The fourth-order valence-corrected chi connectivity index (χ4v) is 4.25. The fraction of sp³-hybridized carbons (Fsp3) is 1.00. The SMILES string of the molecule is CCNC(C)C1CCCCN1C1CCC(C)C(C)C1. The second-order valence-electron chi connectivity index (χ2n) is 7.07. The number of rotatable bonds is 4. The third-order valence-corrected chi connectivity index (χ3v) is 5.73. The predicted molar refractivity (Wildman–Crippen MR) is 83.5 cm³/mol. The molecule has 2 heteroatoms. The lowest BCUT2D eigenvalue weighted by Gasteiger charge is -2.47. The van der Waals surface area contributed by atoms with Crippen molar-refractivity contribution in [1.29, 1.82) is 0 Å². The summed E-state index contributed by atoms with van der Waals surface area (Å²) in [5.41, 5.74) is 0. The maximum atomic E-state index is 3.66. The molecule has 1 aliphatic carbocycles. The molecule has 1 aliphatic heterocycles. The van der Waals surface area contributed by atoms with Gasteiger partial charge in [0.1, 0.15) is 0 Å². The molecule has 19 heavy (non-hydrogen) atoms. The van der Waals surface area contributed by atoms with Crippen LogP contribution in [0.15, 0.2) is 0 Å². The molecule has 0 bridgehead atoms. The number of nitrogens with zero attached hydrogens (tertiary/aromatic N) is 1. The lowest BCUT2D eigenvalue weighted by molar-refractivity contribution is 0.0335. The van der Waals surface area contributed by atoms with Crippen molar-refractivity contribution in [3.05, 3.63) is 0 Å². The number of hydrogen-bond acceptors (Lipinski definition) is 2. The summed E-state index contributed by atoms with van der Waals surface area (Å²) in [6.45, 7) is 12.0. The quantitative estimate of drug-likeness (QED) is 0.835. The minimum Gasteiger partial charge on any atom is -0.313 e.